The minimum Gasteiger partial charge on any atom is -0.480 e. The Balaban J connectivity index is 2.20. The van der Waals surface area contributed by atoms with E-state index in [0.717, 1.165) is 5.39 Å². The number of hydrogen-bond acceptors (Lipinski definition) is 8. The highest BCUT2D eigenvalue weighted by molar-refractivity contribution is 7.93. The topological polar surface area (TPSA) is 211 Å². The van der Waals surface area contributed by atoms with Crippen molar-refractivity contribution in [2.45, 2.75) is 29.0 Å². The molecule has 0 aromatic heterocycles. The van der Waals surface area contributed by atoms with E-state index in [1.54, 1.807) is 30.3 Å². The van der Waals surface area contributed by atoms with Crippen molar-refractivity contribution in [3.05, 3.63) is 77.9 Å². The van der Waals surface area contributed by atoms with Crippen molar-refractivity contribution in [2.24, 2.45) is 17.2 Å². The number of nitrogens with zero attached hydrogens (tertiary/aromatic N) is 1. The maximum absolute atomic E-state index is 14.1. The number of nitrogen functional groups attached to an aromatic ring is 1. The Kier molecular flexibility index (Phi) is 8.61. The van der Waals surface area contributed by atoms with E-state index < -0.39 is 45.5 Å². The SMILES string of the molecule is N=C(N)c1cccc(C[C@](N)(C(=O)N(CC(=O)O)C(=O)CCCN)S(=O)(=O)c2ccc3ccccc3c2)c1. The summed E-state index contributed by atoms with van der Waals surface area (Å²) >= 11 is 0. The molecule has 1 atom stereocenters. The van der Waals surface area contributed by atoms with E-state index >= 15 is 0 Å². The third-order valence-corrected chi connectivity index (χ3v) is 8.16. The molecule has 0 radical (unpaired) electrons. The minimum atomic E-state index is -4.73. The zero-order valence-corrected chi connectivity index (χ0v) is 21.3. The quantitative estimate of drug-likeness (QED) is 0.173. The van der Waals surface area contributed by atoms with Gasteiger partial charge in [-0.25, -0.2) is 8.42 Å². The van der Waals surface area contributed by atoms with E-state index in [4.69, 9.17) is 22.6 Å². The predicted molar refractivity (Wildman–Crippen MR) is 142 cm³/mol. The molecule has 3 aromatic carbocycles. The summed E-state index contributed by atoms with van der Waals surface area (Å²) in [6.07, 6.45) is -0.748. The Morgan fingerprint density at radius 2 is 1.66 bits per heavy atom. The lowest BCUT2D eigenvalue weighted by molar-refractivity contribution is -0.153. The Hall–Kier alpha value is -4.13. The van der Waals surface area contributed by atoms with Gasteiger partial charge in [0.05, 0.1) is 4.90 Å². The number of amidine groups is 1. The summed E-state index contributed by atoms with van der Waals surface area (Å²) in [6, 6.07) is 17.1. The van der Waals surface area contributed by atoms with Crippen LogP contribution in [0.1, 0.15) is 24.0 Å². The highest BCUT2D eigenvalue weighted by atomic mass is 32.2. The van der Waals surface area contributed by atoms with Gasteiger partial charge in [-0.3, -0.25) is 24.7 Å². The number of carboxylic acids is 1. The molecule has 38 heavy (non-hydrogen) atoms. The summed E-state index contributed by atoms with van der Waals surface area (Å²) in [5, 5.41) is 18.4. The molecule has 3 rings (SSSR count). The lowest BCUT2D eigenvalue weighted by Gasteiger charge is -2.33. The molecule has 200 valence electrons. The highest BCUT2D eigenvalue weighted by Gasteiger charge is 2.51. The molecule has 0 unspecified atom stereocenters. The second kappa shape index (κ2) is 11.5. The van der Waals surface area contributed by atoms with Crippen LogP contribution in [-0.2, 0) is 30.6 Å². The number of aliphatic carboxylic acids is 1. The first kappa shape index (κ1) is 28.4. The number of carboxylic acid groups (broad SMARTS) is 1. The number of sulfone groups is 1. The number of amides is 2. The van der Waals surface area contributed by atoms with Gasteiger partial charge in [-0.2, -0.15) is 0 Å². The lowest BCUT2D eigenvalue weighted by Crippen LogP contribution is -2.63. The monoisotopic (exact) mass is 539 g/mol. The van der Waals surface area contributed by atoms with E-state index in [1.165, 1.54) is 36.4 Å². The van der Waals surface area contributed by atoms with Crippen molar-refractivity contribution in [1.82, 2.24) is 4.90 Å². The van der Waals surface area contributed by atoms with Gasteiger partial charge in [0.2, 0.25) is 20.6 Å². The zero-order chi connectivity index (χ0) is 28.1. The van der Waals surface area contributed by atoms with Gasteiger partial charge in [0.15, 0.2) is 0 Å². The van der Waals surface area contributed by atoms with Crippen molar-refractivity contribution in [3.8, 4) is 0 Å². The first-order chi connectivity index (χ1) is 17.9. The molecule has 8 N–H and O–H groups in total. The molecular weight excluding hydrogens is 510 g/mol. The maximum Gasteiger partial charge on any atom is 0.323 e. The fraction of sp³-hybridized carbons (Fsp3) is 0.231. The Labute approximate surface area is 219 Å². The predicted octanol–water partition coefficient (Wildman–Crippen LogP) is 0.974. The van der Waals surface area contributed by atoms with Crippen LogP contribution in [0, 0.1) is 5.41 Å². The average molecular weight is 540 g/mol. The smallest absolute Gasteiger partial charge is 0.323 e. The van der Waals surface area contributed by atoms with E-state index in [-0.39, 0.29) is 41.2 Å². The van der Waals surface area contributed by atoms with Gasteiger partial charge in [0, 0.05) is 18.4 Å². The molecule has 3 aromatic rings. The number of hydrogen-bond donors (Lipinski definition) is 5. The number of imide groups is 1. The van der Waals surface area contributed by atoms with Crippen LogP contribution >= 0.6 is 0 Å². The number of fused-ring (bicyclic) bond motifs is 1. The standard InChI is InChI=1S/C26H29N5O6S/c27-12-4-9-22(32)31(16-23(33)34)25(35)26(30,15-17-5-3-8-20(13-17)24(28)29)38(36,37)21-11-10-18-6-1-2-7-19(18)14-21/h1-3,5-8,10-11,13-14H,4,9,12,15-16,27,30H2,(H3,28,29)(H,33,34)/t26-/m1/s1. The molecule has 0 aliphatic heterocycles. The second-order valence-corrected chi connectivity index (χ2v) is 11.0. The Morgan fingerprint density at radius 1 is 0.974 bits per heavy atom. The lowest BCUT2D eigenvalue weighted by atomic mass is 10.0. The van der Waals surface area contributed by atoms with Gasteiger partial charge >= 0.3 is 5.97 Å². The second-order valence-electron chi connectivity index (χ2n) is 8.76. The zero-order valence-electron chi connectivity index (χ0n) is 20.5. The minimum absolute atomic E-state index is 0.0990. The molecule has 0 heterocycles. The van der Waals surface area contributed by atoms with Gasteiger partial charge in [0.1, 0.15) is 12.4 Å². The average Bonchev–Trinajstić information content (AvgIpc) is 2.89. The van der Waals surface area contributed by atoms with Crippen LogP contribution in [0.3, 0.4) is 0 Å². The van der Waals surface area contributed by atoms with Gasteiger partial charge < -0.3 is 22.3 Å². The van der Waals surface area contributed by atoms with Gasteiger partial charge in [-0.1, -0.05) is 48.5 Å². The number of carbonyl (C=O) groups excluding carboxylic acids is 2. The largest absolute Gasteiger partial charge is 0.480 e. The molecule has 0 fully saturated rings. The first-order valence-corrected chi connectivity index (χ1v) is 13.1. The molecule has 0 aliphatic rings. The van der Waals surface area contributed by atoms with Crippen molar-refractivity contribution in [2.75, 3.05) is 13.1 Å². The number of carbonyl (C=O) groups is 3. The van der Waals surface area contributed by atoms with Gasteiger partial charge in [-0.05, 0) is 47.5 Å². The first-order valence-electron chi connectivity index (χ1n) is 11.6. The normalized spacial score (nSPS) is 13.0. The summed E-state index contributed by atoms with van der Waals surface area (Å²) in [5.74, 6) is -4.11. The van der Waals surface area contributed by atoms with Crippen molar-refractivity contribution >= 4 is 44.2 Å². The van der Waals surface area contributed by atoms with Crippen molar-refractivity contribution in [3.63, 3.8) is 0 Å². The summed E-state index contributed by atoms with van der Waals surface area (Å²) in [6.45, 7) is -0.982. The molecule has 0 spiro atoms. The molecule has 0 saturated carbocycles. The number of rotatable bonds is 11. The summed E-state index contributed by atoms with van der Waals surface area (Å²) in [5.41, 5.74) is 18.0. The van der Waals surface area contributed by atoms with E-state index in [1.807, 2.05) is 0 Å². The van der Waals surface area contributed by atoms with Crippen LogP contribution in [0.25, 0.3) is 10.8 Å². The van der Waals surface area contributed by atoms with E-state index in [0.29, 0.717) is 10.3 Å². The summed E-state index contributed by atoms with van der Waals surface area (Å²) in [4.78, 5) is 35.6. The maximum atomic E-state index is 14.1. The molecule has 0 bridgehead atoms. The number of nitrogens with two attached hydrogens (primary N) is 3. The molecule has 0 aliphatic carbocycles. The van der Waals surface area contributed by atoms with Crippen molar-refractivity contribution in [1.29, 1.82) is 5.41 Å². The molecule has 11 nitrogen and oxygen atoms in total. The fourth-order valence-corrected chi connectivity index (χ4v) is 5.65. The molecule has 12 heteroatoms. The number of nitrogens with one attached hydrogen (secondary N) is 1. The van der Waals surface area contributed by atoms with Crippen LogP contribution in [0.5, 0.6) is 0 Å². The Morgan fingerprint density at radius 3 is 2.29 bits per heavy atom. The fourth-order valence-electron chi connectivity index (χ4n) is 4.01. The van der Waals surface area contributed by atoms with Crippen LogP contribution < -0.4 is 17.2 Å². The van der Waals surface area contributed by atoms with Crippen LogP contribution in [0.15, 0.2) is 71.6 Å². The van der Waals surface area contributed by atoms with Gasteiger partial charge in [-0.15, -0.1) is 0 Å². The third-order valence-electron chi connectivity index (χ3n) is 6.01. The van der Waals surface area contributed by atoms with Crippen LogP contribution in [0.4, 0.5) is 0 Å². The van der Waals surface area contributed by atoms with Gasteiger partial charge in [0.25, 0.3) is 5.91 Å². The Bertz CT molecular complexity index is 1510. The summed E-state index contributed by atoms with van der Waals surface area (Å²) in [7, 11) is -4.73. The van der Waals surface area contributed by atoms with Crippen LogP contribution in [0.2, 0.25) is 0 Å². The molecular formula is C26H29N5O6S. The van der Waals surface area contributed by atoms with Crippen LogP contribution in [-0.4, -0.2) is 60.0 Å². The summed E-state index contributed by atoms with van der Waals surface area (Å²) < 4.78 is 28.1. The van der Waals surface area contributed by atoms with E-state index in [9.17, 15) is 27.9 Å². The third kappa shape index (κ3) is 5.88. The highest BCUT2D eigenvalue weighted by Crippen LogP contribution is 2.30. The number of benzene rings is 3. The van der Waals surface area contributed by atoms with Crippen molar-refractivity contribution < 1.29 is 27.9 Å². The molecule has 0 saturated heterocycles. The van der Waals surface area contributed by atoms with E-state index in [2.05, 4.69) is 0 Å². The molecule has 2 amide bonds.